The number of alkyl halides is 3. The number of ether oxygens (including phenoxy) is 1. The minimum absolute atomic E-state index is 0.162. The molecule has 2 aliphatic rings. The van der Waals surface area contributed by atoms with Gasteiger partial charge in [-0.2, -0.15) is 13.2 Å². The molecule has 7 nitrogen and oxygen atoms in total. The molecule has 3 amide bonds. The summed E-state index contributed by atoms with van der Waals surface area (Å²) < 4.78 is 42.1. The summed E-state index contributed by atoms with van der Waals surface area (Å²) in [6.07, 6.45) is -3.99. The van der Waals surface area contributed by atoms with Crippen molar-refractivity contribution in [3.63, 3.8) is 0 Å². The van der Waals surface area contributed by atoms with Crippen LogP contribution in [0.1, 0.15) is 26.2 Å². The maximum atomic E-state index is 12.4. The molecule has 0 radical (unpaired) electrons. The number of likely N-dealkylation sites (tertiary alicyclic amines) is 2. The topological polar surface area (TPSA) is 79.0 Å². The number of hydrogen-bond acceptors (Lipinski definition) is 4. The van der Waals surface area contributed by atoms with Crippen LogP contribution in [0.3, 0.4) is 0 Å². The molecule has 1 unspecified atom stereocenters. The zero-order valence-electron chi connectivity index (χ0n) is 14.0. The summed E-state index contributed by atoms with van der Waals surface area (Å²) in [5.41, 5.74) is 0. The van der Waals surface area contributed by atoms with E-state index in [0.717, 1.165) is 0 Å². The first-order chi connectivity index (χ1) is 11.7. The van der Waals surface area contributed by atoms with E-state index in [9.17, 15) is 27.6 Å². The second-order valence-corrected chi connectivity index (χ2v) is 6.26. The average Bonchev–Trinajstić information content (AvgIpc) is 2.87. The lowest BCUT2D eigenvalue weighted by atomic mass is 10.0. The maximum absolute atomic E-state index is 12.4. The second kappa shape index (κ2) is 7.92. The minimum Gasteiger partial charge on any atom is -0.450 e. The molecule has 142 valence electrons. The highest BCUT2D eigenvalue weighted by molar-refractivity contribution is 5.89. The van der Waals surface area contributed by atoms with E-state index in [0.29, 0.717) is 37.4 Å². The quantitative estimate of drug-likeness (QED) is 0.810. The molecule has 10 heteroatoms. The van der Waals surface area contributed by atoms with Gasteiger partial charge in [-0.1, -0.05) is 0 Å². The lowest BCUT2D eigenvalue weighted by Crippen LogP contribution is -2.48. The Bertz CT molecular complexity index is 519. The van der Waals surface area contributed by atoms with Gasteiger partial charge in [-0.05, 0) is 19.8 Å². The summed E-state index contributed by atoms with van der Waals surface area (Å²) in [7, 11) is 0. The standard InChI is InChI=1S/C15H22F3N3O4/c1-2-25-14(24)20-5-3-11(4-6-20)19-13(23)10-7-12(22)21(8-10)9-15(16,17)18/h10-11H,2-9H2,1H3,(H,19,23). The highest BCUT2D eigenvalue weighted by Crippen LogP contribution is 2.24. The Morgan fingerprint density at radius 2 is 1.92 bits per heavy atom. The third-order valence-corrected chi connectivity index (χ3v) is 4.32. The molecule has 0 saturated carbocycles. The lowest BCUT2D eigenvalue weighted by molar-refractivity contribution is -0.157. The molecule has 2 aliphatic heterocycles. The van der Waals surface area contributed by atoms with Gasteiger partial charge in [-0.3, -0.25) is 9.59 Å². The van der Waals surface area contributed by atoms with Crippen LogP contribution >= 0.6 is 0 Å². The van der Waals surface area contributed by atoms with Crippen molar-refractivity contribution in [2.75, 3.05) is 32.8 Å². The van der Waals surface area contributed by atoms with Crippen LogP contribution in [0.4, 0.5) is 18.0 Å². The molecule has 2 saturated heterocycles. The largest absolute Gasteiger partial charge is 0.450 e. The molecule has 1 atom stereocenters. The number of hydrogen-bond donors (Lipinski definition) is 1. The molecule has 1 N–H and O–H groups in total. The molecule has 0 aromatic carbocycles. The Morgan fingerprint density at radius 3 is 2.48 bits per heavy atom. The van der Waals surface area contributed by atoms with Gasteiger partial charge in [-0.25, -0.2) is 4.79 Å². The van der Waals surface area contributed by atoms with Crippen molar-refractivity contribution in [1.29, 1.82) is 0 Å². The van der Waals surface area contributed by atoms with E-state index in [2.05, 4.69) is 5.32 Å². The van der Waals surface area contributed by atoms with Crippen molar-refractivity contribution in [3.05, 3.63) is 0 Å². The van der Waals surface area contributed by atoms with Crippen LogP contribution < -0.4 is 5.32 Å². The first-order valence-electron chi connectivity index (χ1n) is 8.26. The Morgan fingerprint density at radius 1 is 1.28 bits per heavy atom. The fraction of sp³-hybridized carbons (Fsp3) is 0.800. The van der Waals surface area contributed by atoms with Gasteiger partial charge in [0.2, 0.25) is 11.8 Å². The van der Waals surface area contributed by atoms with Gasteiger partial charge in [0.15, 0.2) is 0 Å². The van der Waals surface area contributed by atoms with Crippen LogP contribution in [0.5, 0.6) is 0 Å². The van der Waals surface area contributed by atoms with Gasteiger partial charge in [0.05, 0.1) is 12.5 Å². The number of piperidine rings is 1. The molecule has 25 heavy (non-hydrogen) atoms. The van der Waals surface area contributed by atoms with Gasteiger partial charge in [-0.15, -0.1) is 0 Å². The number of carbonyl (C=O) groups is 3. The lowest BCUT2D eigenvalue weighted by Gasteiger charge is -2.32. The van der Waals surface area contributed by atoms with Crippen molar-refractivity contribution in [3.8, 4) is 0 Å². The summed E-state index contributed by atoms with van der Waals surface area (Å²) in [6.45, 7) is 1.34. The Balaban J connectivity index is 1.78. The van der Waals surface area contributed by atoms with E-state index < -0.39 is 36.5 Å². The van der Waals surface area contributed by atoms with Crippen LogP contribution in [-0.4, -0.2) is 72.7 Å². The third-order valence-electron chi connectivity index (χ3n) is 4.32. The number of rotatable bonds is 4. The van der Waals surface area contributed by atoms with Crippen molar-refractivity contribution >= 4 is 17.9 Å². The Labute approximate surface area is 143 Å². The zero-order chi connectivity index (χ0) is 18.6. The molecule has 2 fully saturated rings. The maximum Gasteiger partial charge on any atom is 0.409 e. The fourth-order valence-electron chi connectivity index (χ4n) is 3.06. The Kier molecular flexibility index (Phi) is 6.12. The van der Waals surface area contributed by atoms with Crippen LogP contribution in [0.25, 0.3) is 0 Å². The summed E-state index contributed by atoms with van der Waals surface area (Å²) in [5.74, 6) is -1.83. The second-order valence-electron chi connectivity index (χ2n) is 6.26. The molecule has 2 rings (SSSR count). The van der Waals surface area contributed by atoms with E-state index in [1.807, 2.05) is 0 Å². The monoisotopic (exact) mass is 365 g/mol. The van der Waals surface area contributed by atoms with E-state index in [-0.39, 0.29) is 19.0 Å². The van der Waals surface area contributed by atoms with Crippen molar-refractivity contribution in [2.24, 2.45) is 5.92 Å². The van der Waals surface area contributed by atoms with Crippen molar-refractivity contribution in [2.45, 2.75) is 38.4 Å². The van der Waals surface area contributed by atoms with E-state index in [4.69, 9.17) is 4.74 Å². The number of amides is 3. The summed E-state index contributed by atoms with van der Waals surface area (Å²) >= 11 is 0. The van der Waals surface area contributed by atoms with Crippen LogP contribution in [0, 0.1) is 5.92 Å². The third kappa shape index (κ3) is 5.50. The average molecular weight is 365 g/mol. The fourth-order valence-corrected chi connectivity index (χ4v) is 3.06. The number of nitrogens with zero attached hydrogens (tertiary/aromatic N) is 2. The molecule has 0 bridgehead atoms. The van der Waals surface area contributed by atoms with E-state index in [1.165, 1.54) is 0 Å². The normalized spacial score (nSPS) is 22.2. The van der Waals surface area contributed by atoms with Crippen LogP contribution in [0.15, 0.2) is 0 Å². The van der Waals surface area contributed by atoms with Crippen molar-refractivity contribution in [1.82, 2.24) is 15.1 Å². The van der Waals surface area contributed by atoms with Gasteiger partial charge < -0.3 is 19.9 Å². The molecule has 0 spiro atoms. The molecule has 0 aromatic rings. The van der Waals surface area contributed by atoms with Crippen LogP contribution in [-0.2, 0) is 14.3 Å². The zero-order valence-corrected chi connectivity index (χ0v) is 14.0. The first kappa shape index (κ1) is 19.3. The van der Waals surface area contributed by atoms with Gasteiger partial charge in [0.1, 0.15) is 6.54 Å². The number of carbonyl (C=O) groups excluding carboxylic acids is 3. The number of nitrogens with one attached hydrogen (secondary N) is 1. The minimum atomic E-state index is -4.47. The summed E-state index contributed by atoms with van der Waals surface area (Å²) in [4.78, 5) is 37.7. The van der Waals surface area contributed by atoms with Gasteiger partial charge in [0, 0.05) is 32.1 Å². The highest BCUT2D eigenvalue weighted by atomic mass is 19.4. The molecule has 0 aromatic heterocycles. The van der Waals surface area contributed by atoms with E-state index >= 15 is 0 Å². The molecule has 2 heterocycles. The van der Waals surface area contributed by atoms with Crippen molar-refractivity contribution < 1.29 is 32.3 Å². The molecule has 0 aliphatic carbocycles. The molecular weight excluding hydrogens is 343 g/mol. The SMILES string of the molecule is CCOC(=O)N1CCC(NC(=O)C2CC(=O)N(CC(F)(F)F)C2)CC1. The van der Waals surface area contributed by atoms with Gasteiger partial charge in [0.25, 0.3) is 0 Å². The Hall–Kier alpha value is -2.00. The van der Waals surface area contributed by atoms with E-state index in [1.54, 1.807) is 11.8 Å². The first-order valence-corrected chi connectivity index (χ1v) is 8.26. The molecular formula is C15H22F3N3O4. The highest BCUT2D eigenvalue weighted by Gasteiger charge is 2.41. The summed E-state index contributed by atoms with van der Waals surface area (Å²) in [6, 6.07) is -0.162. The predicted molar refractivity (Wildman–Crippen MR) is 80.5 cm³/mol. The smallest absolute Gasteiger partial charge is 0.409 e. The predicted octanol–water partition coefficient (Wildman–Crippen LogP) is 1.13. The van der Waals surface area contributed by atoms with Gasteiger partial charge >= 0.3 is 12.3 Å². The number of halogens is 3. The van der Waals surface area contributed by atoms with Crippen LogP contribution in [0.2, 0.25) is 0 Å². The summed E-state index contributed by atoms with van der Waals surface area (Å²) in [5, 5.41) is 2.78.